The third-order valence-electron chi connectivity index (χ3n) is 2.08. The van der Waals surface area contributed by atoms with Crippen LogP contribution in [0.3, 0.4) is 0 Å². The van der Waals surface area contributed by atoms with E-state index >= 15 is 0 Å². The number of rotatable bonds is 0. The fraction of sp³-hybridized carbons (Fsp3) is 1.00. The van der Waals surface area contributed by atoms with Gasteiger partial charge in [-0.25, -0.2) is 0 Å². The van der Waals surface area contributed by atoms with Gasteiger partial charge in [-0.1, -0.05) is 25.7 Å². The second-order valence-electron chi connectivity index (χ2n) is 3.07. The standard InChI is InChI=1S/C4H9N.C4H8/c1-5-3-2-4-5;1-2-4-3-1/h2-4H2,1H3;1-4H2. The summed E-state index contributed by atoms with van der Waals surface area (Å²) in [4.78, 5) is 2.31. The average Bonchev–Trinajstić information content (AvgIpc) is 1.56. The van der Waals surface area contributed by atoms with Crippen LogP contribution in [0.25, 0.3) is 0 Å². The summed E-state index contributed by atoms with van der Waals surface area (Å²) in [5, 5.41) is 0. The van der Waals surface area contributed by atoms with Crippen LogP contribution in [0.4, 0.5) is 0 Å². The SMILES string of the molecule is C1CCC1.CN1CCC1. The molecule has 2 fully saturated rings. The molecule has 9 heavy (non-hydrogen) atoms. The van der Waals surface area contributed by atoms with Crippen molar-refractivity contribution in [3.05, 3.63) is 0 Å². The van der Waals surface area contributed by atoms with Crippen molar-refractivity contribution in [1.29, 1.82) is 0 Å². The van der Waals surface area contributed by atoms with Crippen LogP contribution in [0.15, 0.2) is 0 Å². The van der Waals surface area contributed by atoms with Gasteiger partial charge >= 0.3 is 0 Å². The molecule has 2 aliphatic rings. The molecule has 1 nitrogen and oxygen atoms in total. The molecule has 0 radical (unpaired) electrons. The Morgan fingerprint density at radius 3 is 1.11 bits per heavy atom. The molecule has 1 aliphatic heterocycles. The highest BCUT2D eigenvalue weighted by molar-refractivity contribution is 4.61. The number of hydrogen-bond acceptors (Lipinski definition) is 1. The van der Waals surface area contributed by atoms with Crippen molar-refractivity contribution in [2.45, 2.75) is 32.1 Å². The minimum atomic E-state index is 1.32. The average molecular weight is 127 g/mol. The van der Waals surface area contributed by atoms with Crippen LogP contribution in [0.5, 0.6) is 0 Å². The molecule has 1 saturated heterocycles. The van der Waals surface area contributed by atoms with E-state index in [1.807, 2.05) is 0 Å². The lowest BCUT2D eigenvalue weighted by atomic mass is 10.0. The topological polar surface area (TPSA) is 3.24 Å². The van der Waals surface area contributed by atoms with Gasteiger partial charge in [-0.3, -0.25) is 0 Å². The maximum absolute atomic E-state index is 2.31. The Labute approximate surface area is 58.0 Å². The van der Waals surface area contributed by atoms with Gasteiger partial charge in [0.1, 0.15) is 0 Å². The first-order valence-corrected chi connectivity index (χ1v) is 4.08. The van der Waals surface area contributed by atoms with Crippen LogP contribution < -0.4 is 0 Å². The van der Waals surface area contributed by atoms with Gasteiger partial charge in [-0.05, 0) is 26.6 Å². The third-order valence-corrected chi connectivity index (χ3v) is 2.08. The molecule has 54 valence electrons. The van der Waals surface area contributed by atoms with Gasteiger partial charge in [-0.2, -0.15) is 0 Å². The molecule has 0 atom stereocenters. The molecule has 1 saturated carbocycles. The predicted molar refractivity (Wildman–Crippen MR) is 40.6 cm³/mol. The van der Waals surface area contributed by atoms with Crippen LogP contribution in [-0.4, -0.2) is 25.0 Å². The smallest absolute Gasteiger partial charge is 0.000959 e. The van der Waals surface area contributed by atoms with Gasteiger partial charge in [0.15, 0.2) is 0 Å². The summed E-state index contributed by atoms with van der Waals surface area (Å²) in [6, 6.07) is 0. The van der Waals surface area contributed by atoms with Gasteiger partial charge in [-0.15, -0.1) is 0 Å². The minimum Gasteiger partial charge on any atom is -0.306 e. The summed E-state index contributed by atoms with van der Waals surface area (Å²) in [5.74, 6) is 0. The second kappa shape index (κ2) is 3.89. The van der Waals surface area contributed by atoms with Crippen LogP contribution in [-0.2, 0) is 0 Å². The minimum absolute atomic E-state index is 1.32. The quantitative estimate of drug-likeness (QED) is 0.480. The molecule has 0 amide bonds. The Balaban J connectivity index is 0.0000000922. The zero-order chi connectivity index (χ0) is 6.53. The normalized spacial score (nSPS) is 25.0. The zero-order valence-corrected chi connectivity index (χ0v) is 6.40. The van der Waals surface area contributed by atoms with Gasteiger partial charge in [0.2, 0.25) is 0 Å². The van der Waals surface area contributed by atoms with E-state index in [0.717, 1.165) is 0 Å². The summed E-state index contributed by atoms with van der Waals surface area (Å²) in [6.45, 7) is 2.64. The Morgan fingerprint density at radius 1 is 0.778 bits per heavy atom. The summed E-state index contributed by atoms with van der Waals surface area (Å²) >= 11 is 0. The lowest BCUT2D eigenvalue weighted by Crippen LogP contribution is -2.32. The molecular weight excluding hydrogens is 110 g/mol. The molecule has 0 N–H and O–H groups in total. The second-order valence-corrected chi connectivity index (χ2v) is 3.07. The molecule has 0 aromatic carbocycles. The molecule has 2 rings (SSSR count). The van der Waals surface area contributed by atoms with E-state index in [0.29, 0.717) is 0 Å². The van der Waals surface area contributed by atoms with Gasteiger partial charge in [0.05, 0.1) is 0 Å². The first kappa shape index (κ1) is 7.07. The molecule has 1 heterocycles. The summed E-state index contributed by atoms with van der Waals surface area (Å²) < 4.78 is 0. The summed E-state index contributed by atoms with van der Waals surface area (Å²) in [7, 11) is 2.14. The highest BCUT2D eigenvalue weighted by Crippen LogP contribution is 2.15. The molecule has 0 bridgehead atoms. The maximum Gasteiger partial charge on any atom is -0.000959 e. The van der Waals surface area contributed by atoms with Gasteiger partial charge in [0, 0.05) is 0 Å². The van der Waals surface area contributed by atoms with Crippen molar-refractivity contribution < 1.29 is 0 Å². The van der Waals surface area contributed by atoms with E-state index in [1.165, 1.54) is 45.2 Å². The van der Waals surface area contributed by atoms with Gasteiger partial charge in [0.25, 0.3) is 0 Å². The van der Waals surface area contributed by atoms with E-state index in [4.69, 9.17) is 0 Å². The maximum atomic E-state index is 2.31. The highest BCUT2D eigenvalue weighted by Gasteiger charge is 2.04. The van der Waals surface area contributed by atoms with Crippen LogP contribution in [0.2, 0.25) is 0 Å². The Morgan fingerprint density at radius 2 is 1.11 bits per heavy atom. The van der Waals surface area contributed by atoms with E-state index in [9.17, 15) is 0 Å². The van der Waals surface area contributed by atoms with Crippen LogP contribution >= 0.6 is 0 Å². The third kappa shape index (κ3) is 2.85. The number of hydrogen-bond donors (Lipinski definition) is 0. The zero-order valence-electron chi connectivity index (χ0n) is 6.40. The molecule has 0 unspecified atom stereocenters. The molecule has 1 aliphatic carbocycles. The first-order valence-electron chi connectivity index (χ1n) is 4.08. The predicted octanol–water partition coefficient (Wildman–Crippen LogP) is 1.88. The molecule has 1 heteroatoms. The molecule has 0 aromatic heterocycles. The van der Waals surface area contributed by atoms with E-state index < -0.39 is 0 Å². The molecular formula is C8H17N. The fourth-order valence-electron chi connectivity index (χ4n) is 0.724. The summed E-state index contributed by atoms with van der Waals surface area (Å²) in [5.41, 5.74) is 0. The Kier molecular flexibility index (Phi) is 3.05. The van der Waals surface area contributed by atoms with Crippen molar-refractivity contribution in [1.82, 2.24) is 4.90 Å². The number of likely N-dealkylation sites (tertiary alicyclic amines) is 1. The van der Waals surface area contributed by atoms with E-state index in [2.05, 4.69) is 11.9 Å². The monoisotopic (exact) mass is 127 g/mol. The lowest BCUT2D eigenvalue weighted by Gasteiger charge is -2.24. The Hall–Kier alpha value is -0.0400. The first-order chi connectivity index (χ1) is 4.39. The van der Waals surface area contributed by atoms with Crippen molar-refractivity contribution in [3.8, 4) is 0 Å². The fourth-order valence-corrected chi connectivity index (χ4v) is 0.724. The van der Waals surface area contributed by atoms with Crippen molar-refractivity contribution in [2.75, 3.05) is 20.1 Å². The number of nitrogens with zero attached hydrogens (tertiary/aromatic N) is 1. The lowest BCUT2D eigenvalue weighted by molar-refractivity contribution is 0.229. The molecule has 0 spiro atoms. The Bertz CT molecular complexity index is 59.0. The highest BCUT2D eigenvalue weighted by atomic mass is 15.1. The van der Waals surface area contributed by atoms with Crippen LogP contribution in [0.1, 0.15) is 32.1 Å². The van der Waals surface area contributed by atoms with E-state index in [-0.39, 0.29) is 0 Å². The van der Waals surface area contributed by atoms with E-state index in [1.54, 1.807) is 0 Å². The summed E-state index contributed by atoms with van der Waals surface area (Å²) in [6.07, 6.45) is 7.41. The largest absolute Gasteiger partial charge is 0.306 e. The van der Waals surface area contributed by atoms with Crippen molar-refractivity contribution in [3.63, 3.8) is 0 Å². The van der Waals surface area contributed by atoms with Gasteiger partial charge < -0.3 is 4.90 Å². The van der Waals surface area contributed by atoms with Crippen molar-refractivity contribution in [2.24, 2.45) is 0 Å². The van der Waals surface area contributed by atoms with Crippen LogP contribution in [0, 0.1) is 0 Å². The van der Waals surface area contributed by atoms with Crippen molar-refractivity contribution >= 4 is 0 Å². The molecule has 0 aromatic rings.